The number of phenolic OH excluding ortho intramolecular Hbond substituents is 1. The van der Waals surface area contributed by atoms with Crippen LogP contribution in [0.25, 0.3) is 33.8 Å². The van der Waals surface area contributed by atoms with Crippen molar-refractivity contribution in [1.29, 1.82) is 0 Å². The summed E-state index contributed by atoms with van der Waals surface area (Å²) in [4.78, 5) is 85.3. The second kappa shape index (κ2) is 31.1. The van der Waals surface area contributed by atoms with Gasteiger partial charge in [-0.1, -0.05) is 0 Å². The molecule has 0 bridgehead atoms. The molecule has 3 aromatic heterocycles. The number of likely N-dealkylation sites (tertiary alicyclic amines) is 2. The summed E-state index contributed by atoms with van der Waals surface area (Å²) < 4.78 is 15.5. The summed E-state index contributed by atoms with van der Waals surface area (Å²) in [5, 5.41) is 13.0. The van der Waals surface area contributed by atoms with Gasteiger partial charge in [-0.3, -0.25) is 23.3 Å². The Hall–Kier alpha value is -6.21. The van der Waals surface area contributed by atoms with Gasteiger partial charge in [-0.2, -0.15) is 0 Å². The molecule has 3 aliphatic heterocycles. The zero-order valence-electron chi connectivity index (χ0n) is 50.2. The van der Waals surface area contributed by atoms with Gasteiger partial charge in [-0.15, -0.1) is 59.7 Å². The van der Waals surface area contributed by atoms with E-state index in [-0.39, 0.29) is 75.3 Å². The second-order valence-electron chi connectivity index (χ2n) is 22.4. The Balaban J connectivity index is 0.000000178. The molecule has 5 aliphatic rings. The molecule has 11 rings (SSSR count). The summed E-state index contributed by atoms with van der Waals surface area (Å²) in [5.74, 6) is 3.02. The van der Waals surface area contributed by atoms with Crippen molar-refractivity contribution in [3.63, 3.8) is 0 Å². The van der Waals surface area contributed by atoms with Crippen molar-refractivity contribution in [2.75, 3.05) is 74.6 Å². The lowest BCUT2D eigenvalue weighted by Crippen LogP contribution is -2.48. The molecule has 20 nitrogen and oxygen atoms in total. The number of imidazole rings is 3. The molecule has 5 amide bonds. The first-order valence-corrected chi connectivity index (χ1v) is 31.7. The minimum Gasteiger partial charge on any atom is -0.508 e. The van der Waals surface area contributed by atoms with Crippen LogP contribution in [0.1, 0.15) is 80.9 Å². The summed E-state index contributed by atoms with van der Waals surface area (Å²) in [7, 11) is 8.83. The number of aryl methyl sites for hydroxylation is 3. The lowest BCUT2D eigenvalue weighted by Gasteiger charge is -2.36. The minimum absolute atomic E-state index is 0. The van der Waals surface area contributed by atoms with Crippen LogP contribution in [-0.2, 0) is 9.59 Å². The topological polar surface area (TPSA) is 206 Å². The molecular formula is C61H79BBr3ClN12O8. The molecule has 0 unspecified atom stereocenters. The summed E-state index contributed by atoms with van der Waals surface area (Å²) in [5.41, 5.74) is 7.84. The van der Waals surface area contributed by atoms with Crippen LogP contribution in [0.15, 0.2) is 92.2 Å². The van der Waals surface area contributed by atoms with Crippen LogP contribution in [0.4, 0.5) is 14.4 Å². The number of methoxy groups -OCH3 is 2. The number of benzene rings is 3. The highest BCUT2D eigenvalue weighted by Gasteiger charge is 2.38. The third-order valence-electron chi connectivity index (χ3n) is 16.5. The SMILES string of the molecule is BrB(Br)Br.COc1ccc(-c2cn(C(=O)N(C)C3CCN(C(=O)C4CC4)CC3)cn2)cc1C.COc1ccc(-c2cn(C(=O)N(C)C3CCNCC3)cn2)cc1C.Cc1cc(-c2cn(C(=O)N(C)C3CCN(C(=O)C4CC4)CC3)cn2)ccc1O.Cl. The second-order valence-corrected chi connectivity index (χ2v) is 28.9. The van der Waals surface area contributed by atoms with Gasteiger partial charge in [0, 0.05) is 113 Å². The highest BCUT2D eigenvalue weighted by molar-refractivity contribution is 9.69. The van der Waals surface area contributed by atoms with Crippen molar-refractivity contribution in [2.45, 2.75) is 103 Å². The van der Waals surface area contributed by atoms with E-state index in [0.29, 0.717) is 11.6 Å². The number of piperidine rings is 3. The summed E-state index contributed by atoms with van der Waals surface area (Å²) in [6, 6.07) is 17.3. The van der Waals surface area contributed by atoms with Crippen LogP contribution in [0.3, 0.4) is 0 Å². The van der Waals surface area contributed by atoms with E-state index in [1.54, 1.807) is 72.0 Å². The van der Waals surface area contributed by atoms with Gasteiger partial charge in [0.25, 0.3) is 0 Å². The normalized spacial score (nSPS) is 16.1. The Bertz CT molecular complexity index is 3280. The van der Waals surface area contributed by atoms with E-state index in [2.05, 4.69) is 67.5 Å². The average molecular weight is 1390 g/mol. The molecule has 0 spiro atoms. The molecule has 5 fully saturated rings. The van der Waals surface area contributed by atoms with Crippen molar-refractivity contribution in [3.05, 3.63) is 109 Å². The molecular weight excluding hydrogens is 1310 g/mol. The van der Waals surface area contributed by atoms with Crippen molar-refractivity contribution < 1.29 is 38.6 Å². The Morgan fingerprint density at radius 2 is 0.837 bits per heavy atom. The Morgan fingerprint density at radius 1 is 0.523 bits per heavy atom. The van der Waals surface area contributed by atoms with Crippen LogP contribution in [0, 0.1) is 32.6 Å². The number of aromatic nitrogens is 6. The summed E-state index contributed by atoms with van der Waals surface area (Å²) in [6.07, 6.45) is 19.3. The minimum atomic E-state index is -0.124. The van der Waals surface area contributed by atoms with E-state index in [1.807, 2.05) is 99.1 Å². The van der Waals surface area contributed by atoms with Crippen molar-refractivity contribution in [1.82, 2.24) is 58.5 Å². The van der Waals surface area contributed by atoms with Gasteiger partial charge in [0.05, 0.1) is 31.3 Å². The molecule has 0 atom stereocenters. The van der Waals surface area contributed by atoms with E-state index in [1.165, 1.54) is 15.5 Å². The highest BCUT2D eigenvalue weighted by Crippen LogP contribution is 2.34. The van der Waals surface area contributed by atoms with Crippen LogP contribution >= 0.6 is 59.7 Å². The van der Waals surface area contributed by atoms with Crippen molar-refractivity contribution in [3.8, 4) is 51.0 Å². The number of halogens is 4. The lowest BCUT2D eigenvalue weighted by molar-refractivity contribution is -0.134. The first-order valence-electron chi connectivity index (χ1n) is 29.0. The lowest BCUT2D eigenvalue weighted by atomic mass is 10.0. The number of hydrogen-bond acceptors (Lipinski definition) is 12. The summed E-state index contributed by atoms with van der Waals surface area (Å²) in [6.45, 7) is 10.6. The first-order chi connectivity index (χ1) is 40.7. The molecule has 86 heavy (non-hydrogen) atoms. The average Bonchev–Trinajstić information content (AvgIpc) is 4.41. The van der Waals surface area contributed by atoms with Crippen LogP contribution in [-0.4, -0.2) is 184 Å². The molecule has 0 radical (unpaired) electrons. The van der Waals surface area contributed by atoms with Crippen LogP contribution in [0.5, 0.6) is 17.2 Å². The zero-order chi connectivity index (χ0) is 61.1. The maximum absolute atomic E-state index is 12.9. The number of amides is 5. The van der Waals surface area contributed by atoms with Gasteiger partial charge in [0.1, 0.15) is 36.2 Å². The number of hydrogen-bond donors (Lipinski definition) is 2. The van der Waals surface area contributed by atoms with E-state index >= 15 is 0 Å². The molecule has 2 aliphatic carbocycles. The number of aromatic hydroxyl groups is 1. The van der Waals surface area contributed by atoms with Gasteiger partial charge in [0.2, 0.25) is 11.8 Å². The van der Waals surface area contributed by atoms with E-state index in [0.717, 1.165) is 160 Å². The molecule has 6 aromatic rings. The Morgan fingerprint density at radius 3 is 1.14 bits per heavy atom. The molecule has 462 valence electrons. The molecule has 3 saturated heterocycles. The van der Waals surface area contributed by atoms with Gasteiger partial charge >= 0.3 is 21.3 Å². The van der Waals surface area contributed by atoms with Crippen molar-refractivity contribution in [2.24, 2.45) is 11.8 Å². The number of ether oxygens (including phenoxy) is 2. The largest absolute Gasteiger partial charge is 0.508 e. The van der Waals surface area contributed by atoms with Crippen LogP contribution in [0.2, 0.25) is 0 Å². The summed E-state index contributed by atoms with van der Waals surface area (Å²) >= 11 is 9.31. The standard InChI is InChI=1S/C22H28N4O3.C21H26N4O3.C18H24N4O2.BBr3.ClH/c1-15-12-17(6-7-20(15)29-3)19-13-26(14-23-19)22(28)24(2)18-8-10-25(11-9-18)21(27)16-4-5-16;1-14-11-16(5-6-19(14)26)18-12-25(13-22-18)21(28)23(2)17-7-9-24(10-8-17)20(27)15-3-4-15;1-13-10-14(4-5-17(13)24-3)16-11-22(12-20-16)18(23)21(2)15-6-8-19-9-7-15;2-1(3)4;/h6-7,12-14,16,18H,4-5,8-11H2,1-3H3;5-6,11-13,15,17,26H,3-4,7-10H2,1-2H3;4-5,10-12,15,19H,6-9H2,1-3H3;;1H. The molecule has 2 saturated carbocycles. The van der Waals surface area contributed by atoms with E-state index in [9.17, 15) is 29.1 Å². The van der Waals surface area contributed by atoms with Crippen LogP contribution < -0.4 is 14.8 Å². The number of phenols is 1. The fourth-order valence-electron chi connectivity index (χ4n) is 11.0. The molecule has 6 heterocycles. The Labute approximate surface area is 535 Å². The Kier molecular flexibility index (Phi) is 24.4. The van der Waals surface area contributed by atoms with Gasteiger partial charge in [-0.05, 0) is 169 Å². The molecule has 2 N–H and O–H groups in total. The first kappa shape index (κ1) is 67.3. The maximum atomic E-state index is 12.9. The van der Waals surface area contributed by atoms with Crippen molar-refractivity contribution >= 4 is 92.8 Å². The number of carbonyl (C=O) groups is 5. The number of nitrogens with one attached hydrogen (secondary N) is 1. The smallest absolute Gasteiger partial charge is 0.369 e. The zero-order valence-corrected chi connectivity index (χ0v) is 55.8. The fourth-order valence-corrected chi connectivity index (χ4v) is 11.0. The quantitative estimate of drug-likeness (QED) is 0.123. The van der Waals surface area contributed by atoms with Gasteiger partial charge in [-0.25, -0.2) is 29.3 Å². The third kappa shape index (κ3) is 17.5. The number of carbonyl (C=O) groups excluding carboxylic acids is 5. The van der Waals surface area contributed by atoms with E-state index in [4.69, 9.17) is 9.47 Å². The highest BCUT2D eigenvalue weighted by atomic mass is 79.9. The fraction of sp³-hybridized carbons (Fsp3) is 0.475. The van der Waals surface area contributed by atoms with E-state index < -0.39 is 0 Å². The third-order valence-corrected chi connectivity index (χ3v) is 16.5. The number of rotatable bonds is 10. The molecule has 25 heteroatoms. The predicted molar refractivity (Wildman–Crippen MR) is 348 cm³/mol. The number of nitrogens with zero attached hydrogens (tertiary/aromatic N) is 11. The van der Waals surface area contributed by atoms with Gasteiger partial charge in [0.15, 0.2) is 0 Å². The van der Waals surface area contributed by atoms with Gasteiger partial charge < -0.3 is 44.4 Å². The predicted octanol–water partition coefficient (Wildman–Crippen LogP) is 11.1. The monoisotopic (exact) mass is 1390 g/mol. The molecule has 3 aromatic carbocycles. The maximum Gasteiger partial charge on any atom is 0.369 e.